The maximum Gasteiger partial charge on any atom is 0.256 e. The number of benzene rings is 3. The molecule has 0 unspecified atom stereocenters. The number of nitrogens with zero attached hydrogens (tertiary/aromatic N) is 1. The Kier molecular flexibility index (Phi) is 4.49. The van der Waals surface area contributed by atoms with E-state index < -0.39 is 15.8 Å². The van der Waals surface area contributed by atoms with E-state index in [1.54, 1.807) is 30.3 Å². The van der Waals surface area contributed by atoms with Gasteiger partial charge in [0.1, 0.15) is 5.82 Å². The third kappa shape index (κ3) is 3.64. The Bertz CT molecular complexity index is 1660. The van der Waals surface area contributed by atoms with Gasteiger partial charge in [-0.2, -0.15) is 0 Å². The SMILES string of the molecule is CS(=O)(=O)Nc1cccc(Sc2nc3c4cc[nH]c(=O)c4c4cc(F)ccc4c3[nH]2)c1. The number of nitrogens with one attached hydrogen (secondary N) is 3. The largest absolute Gasteiger partial charge is 0.332 e. The molecule has 0 aliphatic carbocycles. The number of pyridine rings is 1. The average Bonchev–Trinajstić information content (AvgIpc) is 3.10. The van der Waals surface area contributed by atoms with Crippen LogP contribution in [0.4, 0.5) is 10.1 Å². The summed E-state index contributed by atoms with van der Waals surface area (Å²) in [6, 6.07) is 13.0. The van der Waals surface area contributed by atoms with Crippen LogP contribution in [0.2, 0.25) is 0 Å². The maximum absolute atomic E-state index is 14.0. The van der Waals surface area contributed by atoms with E-state index in [9.17, 15) is 17.6 Å². The van der Waals surface area contributed by atoms with E-state index in [0.717, 1.165) is 11.2 Å². The van der Waals surface area contributed by atoms with Gasteiger partial charge < -0.3 is 9.97 Å². The molecule has 0 fully saturated rings. The van der Waals surface area contributed by atoms with E-state index in [1.807, 2.05) is 6.07 Å². The molecule has 2 aromatic heterocycles. The number of imidazole rings is 1. The predicted octanol–water partition coefficient (Wildman–Crippen LogP) is 4.22. The fraction of sp³-hybridized carbons (Fsp3) is 0.0476. The monoisotopic (exact) mass is 454 g/mol. The summed E-state index contributed by atoms with van der Waals surface area (Å²) in [5, 5.41) is 2.75. The van der Waals surface area contributed by atoms with E-state index in [2.05, 4.69) is 19.7 Å². The molecular formula is C21H15FN4O3S2. The molecule has 3 aromatic carbocycles. The van der Waals surface area contributed by atoms with Crippen LogP contribution in [-0.2, 0) is 10.0 Å². The second-order valence-electron chi connectivity index (χ2n) is 7.06. The van der Waals surface area contributed by atoms with Crippen molar-refractivity contribution in [1.29, 1.82) is 0 Å². The van der Waals surface area contributed by atoms with Crippen LogP contribution in [0.1, 0.15) is 0 Å². The molecule has 0 atom stereocenters. The number of H-pyrrole nitrogens is 2. The summed E-state index contributed by atoms with van der Waals surface area (Å²) in [4.78, 5) is 23.9. The van der Waals surface area contributed by atoms with Crippen molar-refractivity contribution in [1.82, 2.24) is 15.0 Å². The zero-order chi connectivity index (χ0) is 21.8. The van der Waals surface area contributed by atoms with Gasteiger partial charge in [-0.1, -0.05) is 17.8 Å². The molecule has 0 amide bonds. The molecule has 5 rings (SSSR count). The first kappa shape index (κ1) is 19.6. The molecule has 7 nitrogen and oxygen atoms in total. The third-order valence-electron chi connectivity index (χ3n) is 4.77. The van der Waals surface area contributed by atoms with Gasteiger partial charge in [0.25, 0.3) is 5.56 Å². The van der Waals surface area contributed by atoms with Gasteiger partial charge >= 0.3 is 0 Å². The third-order valence-corrected chi connectivity index (χ3v) is 6.25. The molecule has 2 heterocycles. The molecule has 0 saturated carbocycles. The van der Waals surface area contributed by atoms with Crippen molar-refractivity contribution >= 4 is 60.1 Å². The summed E-state index contributed by atoms with van der Waals surface area (Å²) in [7, 11) is -3.39. The van der Waals surface area contributed by atoms with Crippen LogP contribution in [-0.4, -0.2) is 29.6 Å². The fourth-order valence-electron chi connectivity index (χ4n) is 3.62. The Morgan fingerprint density at radius 1 is 1.06 bits per heavy atom. The lowest BCUT2D eigenvalue weighted by Gasteiger charge is -2.05. The average molecular weight is 455 g/mol. The summed E-state index contributed by atoms with van der Waals surface area (Å²) < 4.78 is 39.4. The summed E-state index contributed by atoms with van der Waals surface area (Å²) >= 11 is 1.32. The van der Waals surface area contributed by atoms with E-state index in [-0.39, 0.29) is 5.56 Å². The Morgan fingerprint density at radius 2 is 1.90 bits per heavy atom. The Hall–Kier alpha value is -3.37. The van der Waals surface area contributed by atoms with Crippen molar-refractivity contribution in [2.45, 2.75) is 10.1 Å². The predicted molar refractivity (Wildman–Crippen MR) is 121 cm³/mol. The first-order valence-corrected chi connectivity index (χ1v) is 11.9. The van der Waals surface area contributed by atoms with Crippen LogP contribution in [0.15, 0.2) is 69.6 Å². The lowest BCUT2D eigenvalue weighted by atomic mass is 10.0. The quantitative estimate of drug-likeness (QED) is 0.353. The van der Waals surface area contributed by atoms with Crippen LogP contribution < -0.4 is 10.3 Å². The lowest BCUT2D eigenvalue weighted by molar-refractivity contribution is 0.607. The highest BCUT2D eigenvalue weighted by Crippen LogP contribution is 2.35. The van der Waals surface area contributed by atoms with Crippen LogP contribution in [0.25, 0.3) is 32.6 Å². The Balaban J connectivity index is 1.69. The van der Waals surface area contributed by atoms with Crippen molar-refractivity contribution < 1.29 is 12.8 Å². The van der Waals surface area contributed by atoms with E-state index in [1.165, 1.54) is 30.1 Å². The molecule has 10 heteroatoms. The van der Waals surface area contributed by atoms with Gasteiger partial charge in [-0.05, 0) is 42.5 Å². The number of anilines is 1. The number of sulfonamides is 1. The standard InChI is InChI=1S/C21H15FN4O3S2/c1-31(28,29)26-12-3-2-4-13(10-12)30-21-24-18-14-6-5-11(22)9-16(14)17-15(19(18)25-21)7-8-23-20(17)27/h2-10,26H,1H3,(H,23,27)(H,24,25). The van der Waals surface area contributed by atoms with Gasteiger partial charge in [-0.15, -0.1) is 0 Å². The highest BCUT2D eigenvalue weighted by atomic mass is 32.2. The smallest absolute Gasteiger partial charge is 0.256 e. The molecule has 0 bridgehead atoms. The zero-order valence-corrected chi connectivity index (χ0v) is 17.7. The van der Waals surface area contributed by atoms with Crippen molar-refractivity contribution in [3.8, 4) is 0 Å². The molecule has 0 spiro atoms. The van der Waals surface area contributed by atoms with Crippen molar-refractivity contribution in [2.75, 3.05) is 11.0 Å². The molecule has 3 N–H and O–H groups in total. The van der Waals surface area contributed by atoms with Crippen LogP contribution in [0.5, 0.6) is 0 Å². The number of hydrogen-bond acceptors (Lipinski definition) is 5. The summed E-state index contributed by atoms with van der Waals surface area (Å²) in [6.45, 7) is 0. The summed E-state index contributed by atoms with van der Waals surface area (Å²) in [6.07, 6.45) is 2.63. The minimum atomic E-state index is -3.39. The van der Waals surface area contributed by atoms with Gasteiger partial charge in [-0.25, -0.2) is 17.8 Å². The van der Waals surface area contributed by atoms with E-state index >= 15 is 0 Å². The van der Waals surface area contributed by atoms with Gasteiger partial charge in [-0.3, -0.25) is 9.52 Å². The van der Waals surface area contributed by atoms with Crippen LogP contribution >= 0.6 is 11.8 Å². The molecule has 0 aliphatic rings. The lowest BCUT2D eigenvalue weighted by Crippen LogP contribution is -2.09. The van der Waals surface area contributed by atoms with Gasteiger partial charge in [0.2, 0.25) is 10.0 Å². The van der Waals surface area contributed by atoms with E-state index in [4.69, 9.17) is 0 Å². The zero-order valence-electron chi connectivity index (χ0n) is 16.1. The highest BCUT2D eigenvalue weighted by molar-refractivity contribution is 7.99. The van der Waals surface area contributed by atoms with Gasteiger partial charge in [0, 0.05) is 32.9 Å². The van der Waals surface area contributed by atoms with Crippen molar-refractivity contribution in [3.63, 3.8) is 0 Å². The minimum absolute atomic E-state index is 0.313. The number of aromatic nitrogens is 3. The summed E-state index contributed by atoms with van der Waals surface area (Å²) in [5.41, 5.74) is 1.43. The molecular weight excluding hydrogens is 439 g/mol. The normalized spacial score (nSPS) is 12.1. The number of hydrogen-bond donors (Lipinski definition) is 3. The maximum atomic E-state index is 14.0. The number of fused-ring (bicyclic) bond motifs is 6. The number of rotatable bonds is 4. The van der Waals surface area contributed by atoms with Gasteiger partial charge in [0.05, 0.1) is 22.7 Å². The second kappa shape index (κ2) is 7.10. The minimum Gasteiger partial charge on any atom is -0.332 e. The number of aromatic amines is 2. The fourth-order valence-corrected chi connectivity index (χ4v) is 5.02. The molecule has 0 radical (unpaired) electrons. The molecule has 0 saturated heterocycles. The Labute approximate surface area is 179 Å². The first-order chi connectivity index (χ1) is 14.8. The second-order valence-corrected chi connectivity index (χ2v) is 9.87. The van der Waals surface area contributed by atoms with Crippen LogP contribution in [0.3, 0.4) is 0 Å². The summed E-state index contributed by atoms with van der Waals surface area (Å²) in [5.74, 6) is -0.430. The first-order valence-electron chi connectivity index (χ1n) is 9.16. The van der Waals surface area contributed by atoms with E-state index in [0.29, 0.717) is 43.4 Å². The molecule has 156 valence electrons. The van der Waals surface area contributed by atoms with Crippen molar-refractivity contribution in [2.24, 2.45) is 0 Å². The number of halogens is 1. The van der Waals surface area contributed by atoms with Crippen LogP contribution in [0, 0.1) is 5.82 Å². The molecule has 31 heavy (non-hydrogen) atoms. The molecule has 5 aromatic rings. The topological polar surface area (TPSA) is 108 Å². The Morgan fingerprint density at radius 3 is 2.71 bits per heavy atom. The van der Waals surface area contributed by atoms with Crippen molar-refractivity contribution in [3.05, 3.63) is 70.9 Å². The highest BCUT2D eigenvalue weighted by Gasteiger charge is 2.16. The molecule has 0 aliphatic heterocycles. The van der Waals surface area contributed by atoms with Gasteiger partial charge in [0.15, 0.2) is 5.16 Å².